The van der Waals surface area contributed by atoms with Gasteiger partial charge in [0, 0.05) is 29.8 Å². The topological polar surface area (TPSA) is 55.2 Å². The van der Waals surface area contributed by atoms with Crippen molar-refractivity contribution in [2.24, 2.45) is 5.92 Å². The smallest absolute Gasteiger partial charge is 0.233 e. The Morgan fingerprint density at radius 3 is 2.32 bits per heavy atom. The average molecular weight is 524 g/mol. The number of benzene rings is 4. The van der Waals surface area contributed by atoms with Crippen LogP contribution in [0, 0.1) is 18.7 Å². The molecule has 4 aromatic carbocycles. The quantitative estimate of drug-likeness (QED) is 0.291. The van der Waals surface area contributed by atoms with Crippen LogP contribution < -0.4 is 0 Å². The van der Waals surface area contributed by atoms with Crippen molar-refractivity contribution in [2.75, 3.05) is 13.1 Å². The first-order valence-corrected chi connectivity index (χ1v) is 14.2. The van der Waals surface area contributed by atoms with Crippen molar-refractivity contribution in [3.05, 3.63) is 126 Å². The summed E-state index contributed by atoms with van der Waals surface area (Å²) in [6.45, 7) is 3.02. The monoisotopic (exact) mass is 523 g/mol. The van der Waals surface area contributed by atoms with Gasteiger partial charge in [0.05, 0.1) is 22.3 Å². The molecule has 0 spiro atoms. The molecule has 7 heteroatoms. The van der Waals surface area contributed by atoms with Gasteiger partial charge in [-0.15, -0.1) is 0 Å². The first-order chi connectivity index (χ1) is 18.4. The van der Waals surface area contributed by atoms with E-state index in [-0.39, 0.29) is 23.1 Å². The molecule has 0 bridgehead atoms. The number of rotatable bonds is 5. The van der Waals surface area contributed by atoms with Gasteiger partial charge in [0.2, 0.25) is 10.0 Å². The molecular formula is C31H26FN3O2S. The molecule has 2 fully saturated rings. The highest BCUT2D eigenvalue weighted by molar-refractivity contribution is 7.89. The van der Waals surface area contributed by atoms with E-state index in [0.29, 0.717) is 18.0 Å². The molecule has 1 saturated carbocycles. The largest absolute Gasteiger partial charge is 0.243 e. The van der Waals surface area contributed by atoms with Crippen molar-refractivity contribution in [1.82, 2.24) is 14.1 Å². The van der Waals surface area contributed by atoms with E-state index < -0.39 is 10.0 Å². The van der Waals surface area contributed by atoms with Gasteiger partial charge in [-0.2, -0.15) is 9.40 Å². The van der Waals surface area contributed by atoms with Crippen LogP contribution in [0.15, 0.2) is 108 Å². The highest BCUT2D eigenvalue weighted by Gasteiger charge is 2.71. The molecule has 3 atom stereocenters. The summed E-state index contributed by atoms with van der Waals surface area (Å²) in [7, 11) is -3.60. The molecule has 0 unspecified atom stereocenters. The fraction of sp³-hybridized carbons (Fsp3) is 0.194. The third-order valence-electron chi connectivity index (χ3n) is 8.37. The zero-order valence-corrected chi connectivity index (χ0v) is 21.6. The highest BCUT2D eigenvalue weighted by atomic mass is 32.2. The first kappa shape index (κ1) is 23.3. The standard InChI is InChI=1S/C31H26FN3O2S/c1-21-16-29-23(18-33-35(29)25-14-12-24(32)13-15-25)17-27(21)31-20-34(38(36,37)26-10-6-3-7-11-26)19-28(31)30(31)22-8-4-2-5-9-22/h2-18,28,30H,19-20H2,1H3/t28-,30-,31+/m0/s1. The summed E-state index contributed by atoms with van der Waals surface area (Å²) in [5.41, 5.74) is 4.95. The summed E-state index contributed by atoms with van der Waals surface area (Å²) in [5, 5.41) is 5.58. The lowest BCUT2D eigenvalue weighted by atomic mass is 9.87. The number of halogens is 1. The first-order valence-electron chi connectivity index (χ1n) is 12.7. The van der Waals surface area contributed by atoms with Crippen LogP contribution in [-0.4, -0.2) is 35.6 Å². The number of fused-ring (bicyclic) bond motifs is 2. The number of hydrogen-bond donors (Lipinski definition) is 0. The van der Waals surface area contributed by atoms with E-state index >= 15 is 0 Å². The second kappa shape index (κ2) is 8.35. The van der Waals surface area contributed by atoms with E-state index in [1.807, 2.05) is 23.0 Å². The van der Waals surface area contributed by atoms with Gasteiger partial charge in [-0.25, -0.2) is 17.5 Å². The molecule has 1 aromatic heterocycles. The number of piperidine rings is 1. The zero-order valence-electron chi connectivity index (χ0n) is 20.8. The van der Waals surface area contributed by atoms with Crippen molar-refractivity contribution in [1.29, 1.82) is 0 Å². The lowest BCUT2D eigenvalue weighted by Gasteiger charge is -2.25. The minimum atomic E-state index is -3.60. The van der Waals surface area contributed by atoms with Crippen LogP contribution in [0.1, 0.15) is 22.6 Å². The average Bonchev–Trinajstić information content (AvgIpc) is 3.20. The predicted octanol–water partition coefficient (Wildman–Crippen LogP) is 5.83. The Hall–Kier alpha value is -3.81. The lowest BCUT2D eigenvalue weighted by molar-refractivity contribution is 0.421. The van der Waals surface area contributed by atoms with Crippen molar-refractivity contribution < 1.29 is 12.8 Å². The van der Waals surface area contributed by atoms with Crippen molar-refractivity contribution in [2.45, 2.75) is 23.2 Å². The summed E-state index contributed by atoms with van der Waals surface area (Å²) >= 11 is 0. The number of hydrogen-bond acceptors (Lipinski definition) is 3. The molecule has 0 radical (unpaired) electrons. The lowest BCUT2D eigenvalue weighted by Crippen LogP contribution is -2.34. The summed E-state index contributed by atoms with van der Waals surface area (Å²) in [6.07, 6.45) is 1.83. The Morgan fingerprint density at radius 1 is 0.921 bits per heavy atom. The Kier molecular flexibility index (Phi) is 5.12. The maximum Gasteiger partial charge on any atom is 0.243 e. The number of aromatic nitrogens is 2. The molecule has 2 aliphatic rings. The van der Waals surface area contributed by atoms with Crippen LogP contribution >= 0.6 is 0 Å². The molecule has 5 aromatic rings. The van der Waals surface area contributed by atoms with Crippen LogP contribution in [0.5, 0.6) is 0 Å². The van der Waals surface area contributed by atoms with Crippen LogP contribution in [0.25, 0.3) is 16.6 Å². The van der Waals surface area contributed by atoms with Crippen molar-refractivity contribution in [3.8, 4) is 5.69 Å². The van der Waals surface area contributed by atoms with Gasteiger partial charge in [0.25, 0.3) is 0 Å². The summed E-state index contributed by atoms with van der Waals surface area (Å²) in [6, 6.07) is 29.7. The molecule has 5 nitrogen and oxygen atoms in total. The van der Waals surface area contributed by atoms with Gasteiger partial charge >= 0.3 is 0 Å². The van der Waals surface area contributed by atoms with Gasteiger partial charge in [-0.05, 0) is 78.1 Å². The van der Waals surface area contributed by atoms with E-state index in [9.17, 15) is 12.8 Å². The summed E-state index contributed by atoms with van der Waals surface area (Å²) in [4.78, 5) is 0.334. The Bertz CT molecular complexity index is 1770. The molecule has 2 heterocycles. The van der Waals surface area contributed by atoms with E-state index in [1.54, 1.807) is 40.7 Å². The van der Waals surface area contributed by atoms with E-state index in [1.165, 1.54) is 23.3 Å². The Labute approximate surface area is 221 Å². The molecule has 190 valence electrons. The molecule has 0 amide bonds. The maximum absolute atomic E-state index is 13.6. The molecule has 0 N–H and O–H groups in total. The van der Waals surface area contributed by atoms with E-state index in [0.717, 1.165) is 22.2 Å². The molecule has 1 saturated heterocycles. The van der Waals surface area contributed by atoms with Crippen LogP contribution in [0.4, 0.5) is 4.39 Å². The summed E-state index contributed by atoms with van der Waals surface area (Å²) < 4.78 is 44.2. The molecule has 1 aliphatic heterocycles. The third kappa shape index (κ3) is 3.38. The van der Waals surface area contributed by atoms with Gasteiger partial charge in [0.1, 0.15) is 5.82 Å². The van der Waals surface area contributed by atoms with Crippen molar-refractivity contribution >= 4 is 20.9 Å². The van der Waals surface area contributed by atoms with Gasteiger partial charge in [0.15, 0.2) is 0 Å². The fourth-order valence-electron chi connectivity index (χ4n) is 6.61. The van der Waals surface area contributed by atoms with Crippen LogP contribution in [0.2, 0.25) is 0 Å². The minimum absolute atomic E-state index is 0.187. The van der Waals surface area contributed by atoms with Crippen molar-refractivity contribution in [3.63, 3.8) is 0 Å². The maximum atomic E-state index is 13.6. The number of aryl methyl sites for hydroxylation is 1. The second-order valence-corrected chi connectivity index (χ2v) is 12.3. The van der Waals surface area contributed by atoms with E-state index in [2.05, 4.69) is 48.4 Å². The normalized spacial score (nSPS) is 23.0. The van der Waals surface area contributed by atoms with Crippen LogP contribution in [0.3, 0.4) is 0 Å². The number of sulfonamides is 1. The summed E-state index contributed by atoms with van der Waals surface area (Å²) in [5.74, 6) is 0.145. The fourth-order valence-corrected chi connectivity index (χ4v) is 8.15. The second-order valence-electron chi connectivity index (χ2n) is 10.4. The highest BCUT2D eigenvalue weighted by Crippen LogP contribution is 2.70. The van der Waals surface area contributed by atoms with Gasteiger partial charge in [-0.1, -0.05) is 48.5 Å². The molecule has 38 heavy (non-hydrogen) atoms. The van der Waals surface area contributed by atoms with Crippen LogP contribution in [-0.2, 0) is 15.4 Å². The molecule has 1 aliphatic carbocycles. The molecule has 7 rings (SSSR count). The minimum Gasteiger partial charge on any atom is -0.233 e. The Balaban J connectivity index is 1.33. The van der Waals surface area contributed by atoms with Gasteiger partial charge < -0.3 is 0 Å². The van der Waals surface area contributed by atoms with Gasteiger partial charge in [-0.3, -0.25) is 0 Å². The zero-order chi connectivity index (χ0) is 26.1. The predicted molar refractivity (Wildman–Crippen MR) is 145 cm³/mol. The SMILES string of the molecule is Cc1cc2c(cnn2-c2ccc(F)cc2)cc1[C@]12CN(S(=O)(=O)c3ccccc3)C[C@H]1[C@@H]2c1ccccc1. The molecular weight excluding hydrogens is 497 g/mol. The number of nitrogens with zero attached hydrogens (tertiary/aromatic N) is 3. The van der Waals surface area contributed by atoms with E-state index in [4.69, 9.17) is 0 Å². The third-order valence-corrected chi connectivity index (χ3v) is 10.2. The Morgan fingerprint density at radius 2 is 1.61 bits per heavy atom.